The van der Waals surface area contributed by atoms with E-state index in [1.165, 1.54) is 53.0 Å². The van der Waals surface area contributed by atoms with Crippen LogP contribution in [0.2, 0.25) is 0 Å². The molecule has 0 radical (unpaired) electrons. The average molecular weight is 418 g/mol. The second-order valence-corrected chi connectivity index (χ2v) is 8.19. The van der Waals surface area contributed by atoms with Gasteiger partial charge in [0, 0.05) is 7.11 Å². The molecule has 145 valence electrons. The van der Waals surface area contributed by atoms with Crippen LogP contribution in [0.1, 0.15) is 80.6 Å². The molecule has 2 rings (SSSR count). The van der Waals surface area contributed by atoms with Gasteiger partial charge in [0.2, 0.25) is 0 Å². The van der Waals surface area contributed by atoms with Gasteiger partial charge in [0.25, 0.3) is 0 Å². The maximum Gasteiger partial charge on any atom is 0.0319 e. The van der Waals surface area contributed by atoms with Gasteiger partial charge in [-0.3, -0.25) is 0 Å². The van der Waals surface area contributed by atoms with E-state index in [2.05, 4.69) is 64.6 Å². The largest absolute Gasteiger partial charge is 0.400 e. The molecule has 2 saturated carbocycles. The molecule has 2 fully saturated rings. The number of hydrogen-bond donors (Lipinski definition) is 1. The monoisotopic (exact) mass is 418 g/mol. The molecule has 0 spiro atoms. The third-order valence-electron chi connectivity index (χ3n) is 5.47. The van der Waals surface area contributed by atoms with E-state index < -0.39 is 0 Å². The molecular formula is C21H43NNbO-2. The zero-order valence-electron chi connectivity index (χ0n) is 17.5. The summed E-state index contributed by atoms with van der Waals surface area (Å²) >= 11 is 1.53. The van der Waals surface area contributed by atoms with Crippen molar-refractivity contribution in [3.8, 4) is 0 Å². The quantitative estimate of drug-likeness (QED) is 0.395. The number of nitrogens with zero attached hydrogens (tertiary/aromatic N) is 1. The summed E-state index contributed by atoms with van der Waals surface area (Å²) in [4.78, 5) is 0. The first-order valence-corrected chi connectivity index (χ1v) is 10.7. The molecule has 2 aliphatic rings. The topological polar surface area (TPSA) is 32.6 Å². The van der Waals surface area contributed by atoms with E-state index in [1.807, 2.05) is 0 Å². The van der Waals surface area contributed by atoms with Crippen LogP contribution in [-0.2, 0) is 20.9 Å². The standard InChI is InChI=1S/C11H21.C6H11.C3H7N.CH4O.Nb/c1-7-6-8(2)10(4)11(5)9(7)3;1-2-4-6-5-3-1;1-3(2)4;1-2;/h6-11H,1-5H3;1H,2-6H2;3H,1-2H3;2H,1H3;/q2*-1;;;. The normalized spacial score (nSPS) is 32.1. The van der Waals surface area contributed by atoms with Crippen molar-refractivity contribution in [3.05, 3.63) is 12.8 Å². The minimum absolute atomic E-state index is 0.531. The van der Waals surface area contributed by atoms with Gasteiger partial charge in [-0.2, -0.15) is 24.7 Å². The Labute approximate surface area is 165 Å². The zero-order valence-corrected chi connectivity index (χ0v) is 19.7. The van der Waals surface area contributed by atoms with Crippen molar-refractivity contribution in [2.24, 2.45) is 32.9 Å². The molecule has 4 atom stereocenters. The van der Waals surface area contributed by atoms with E-state index in [0.717, 1.165) is 36.7 Å². The van der Waals surface area contributed by atoms with Crippen LogP contribution < -0.4 is 0 Å². The first-order chi connectivity index (χ1) is 11.3. The molecule has 0 aliphatic heterocycles. The minimum Gasteiger partial charge on any atom is -0.400 e. The van der Waals surface area contributed by atoms with Gasteiger partial charge >= 0.3 is 44.1 Å². The van der Waals surface area contributed by atoms with E-state index in [4.69, 9.17) is 5.11 Å². The summed E-state index contributed by atoms with van der Waals surface area (Å²) < 4.78 is 3.94. The summed E-state index contributed by atoms with van der Waals surface area (Å²) in [6, 6.07) is 0.531. The van der Waals surface area contributed by atoms with Gasteiger partial charge in [0.1, 0.15) is 0 Å². The summed E-state index contributed by atoms with van der Waals surface area (Å²) in [5, 5.41) is 7.00. The van der Waals surface area contributed by atoms with Crippen LogP contribution in [0.25, 0.3) is 0 Å². The summed E-state index contributed by atoms with van der Waals surface area (Å²) in [5.74, 6) is 4.28. The predicted octanol–water partition coefficient (Wildman–Crippen LogP) is 6.27. The first-order valence-electron chi connectivity index (χ1n) is 9.76. The van der Waals surface area contributed by atoms with E-state index in [1.54, 1.807) is 0 Å². The maximum absolute atomic E-state index is 7.00. The molecule has 0 heterocycles. The average Bonchev–Trinajstić information content (AvgIpc) is 2.62. The Morgan fingerprint density at radius 2 is 1.21 bits per heavy atom. The number of rotatable bonds is 1. The third kappa shape index (κ3) is 12.8. The zero-order chi connectivity index (χ0) is 19.1. The molecule has 3 heteroatoms. The molecule has 0 saturated heterocycles. The van der Waals surface area contributed by atoms with Crippen LogP contribution in [0.3, 0.4) is 0 Å². The maximum atomic E-state index is 7.00. The summed E-state index contributed by atoms with van der Waals surface area (Å²) in [7, 11) is 1.00. The Bertz CT molecular complexity index is 254. The molecule has 0 amide bonds. The van der Waals surface area contributed by atoms with Crippen LogP contribution in [0.5, 0.6) is 0 Å². The van der Waals surface area contributed by atoms with Crippen LogP contribution in [0.4, 0.5) is 0 Å². The van der Waals surface area contributed by atoms with E-state index in [-0.39, 0.29) is 0 Å². The second-order valence-electron chi connectivity index (χ2n) is 7.62. The van der Waals surface area contributed by atoms with Gasteiger partial charge in [-0.1, -0.05) is 65.7 Å². The molecule has 0 aromatic carbocycles. The van der Waals surface area contributed by atoms with Gasteiger partial charge in [0.15, 0.2) is 0 Å². The molecular weight excluding hydrogens is 375 g/mol. The Balaban J connectivity index is 0. The molecule has 0 aromatic heterocycles. The smallest absolute Gasteiger partial charge is 0.0319 e. The molecule has 0 aromatic rings. The third-order valence-corrected chi connectivity index (χ3v) is 6.61. The SMILES string of the molecule is CC(C)[N]=[Nb].CC1[CH-]C(C)C(C)C(C)C1C.CO.[CH-]1CCCCC1. The summed E-state index contributed by atoms with van der Waals surface area (Å²) in [6.07, 6.45) is 12.0. The molecule has 2 aliphatic carbocycles. The predicted molar refractivity (Wildman–Crippen MR) is 103 cm³/mol. The van der Waals surface area contributed by atoms with Crippen LogP contribution in [0.15, 0.2) is 3.34 Å². The van der Waals surface area contributed by atoms with Crippen LogP contribution >= 0.6 is 0 Å². The molecule has 24 heavy (non-hydrogen) atoms. The van der Waals surface area contributed by atoms with Gasteiger partial charge in [-0.05, 0) is 5.92 Å². The van der Waals surface area contributed by atoms with E-state index in [9.17, 15) is 0 Å². The Kier molecular flexibility index (Phi) is 18.9. The first kappa shape index (κ1) is 26.7. The fourth-order valence-corrected chi connectivity index (χ4v) is 3.16. The van der Waals surface area contributed by atoms with Crippen molar-refractivity contribution in [2.75, 3.05) is 7.11 Å². The Hall–Kier alpha value is 0.500. The minimum atomic E-state index is 0.531. The Morgan fingerprint density at radius 1 is 0.833 bits per heavy atom. The fraction of sp³-hybridized carbons (Fsp3) is 0.905. The van der Waals surface area contributed by atoms with Crippen LogP contribution in [0, 0.1) is 42.4 Å². The molecule has 0 bridgehead atoms. The molecule has 2 nitrogen and oxygen atoms in total. The summed E-state index contributed by atoms with van der Waals surface area (Å²) in [5.41, 5.74) is 0. The van der Waals surface area contributed by atoms with E-state index >= 15 is 0 Å². The fourth-order valence-electron chi connectivity index (χ4n) is 3.16. The van der Waals surface area contributed by atoms with Crippen molar-refractivity contribution in [1.29, 1.82) is 0 Å². The summed E-state index contributed by atoms with van der Waals surface area (Å²) in [6.45, 7) is 16.0. The van der Waals surface area contributed by atoms with Crippen molar-refractivity contribution in [3.63, 3.8) is 0 Å². The van der Waals surface area contributed by atoms with Gasteiger partial charge in [-0.25, -0.2) is 0 Å². The van der Waals surface area contributed by atoms with Crippen molar-refractivity contribution >= 4 is 0 Å². The van der Waals surface area contributed by atoms with Crippen molar-refractivity contribution in [2.45, 2.75) is 86.6 Å². The number of aliphatic hydroxyl groups excluding tert-OH is 1. The second kappa shape index (κ2) is 16.9. The van der Waals surface area contributed by atoms with Gasteiger partial charge in [0.05, 0.1) is 0 Å². The van der Waals surface area contributed by atoms with Gasteiger partial charge < -0.3 is 17.9 Å². The number of hydrogen-bond acceptors (Lipinski definition) is 2. The van der Waals surface area contributed by atoms with Crippen LogP contribution in [-0.4, -0.2) is 18.3 Å². The molecule has 1 N–H and O–H groups in total. The Morgan fingerprint density at radius 3 is 1.42 bits per heavy atom. The van der Waals surface area contributed by atoms with Gasteiger partial charge in [-0.15, -0.1) is 0 Å². The van der Waals surface area contributed by atoms with E-state index in [0.29, 0.717) is 6.04 Å². The van der Waals surface area contributed by atoms with Crippen molar-refractivity contribution in [1.82, 2.24) is 0 Å². The molecule has 4 unspecified atom stereocenters. The van der Waals surface area contributed by atoms with Crippen molar-refractivity contribution < 1.29 is 26.0 Å². The number of aliphatic hydroxyl groups is 1.